The summed E-state index contributed by atoms with van der Waals surface area (Å²) in [6.07, 6.45) is 3.36. The molecule has 96 valence electrons. The molecule has 0 spiro atoms. The first-order chi connectivity index (χ1) is 9.24. The van der Waals surface area contributed by atoms with Crippen molar-refractivity contribution in [2.45, 2.75) is 0 Å². The maximum Gasteiger partial charge on any atom is 0.341 e. The zero-order valence-electron chi connectivity index (χ0n) is 10.1. The van der Waals surface area contributed by atoms with E-state index in [0.717, 1.165) is 5.56 Å². The maximum absolute atomic E-state index is 10.3. The van der Waals surface area contributed by atoms with E-state index in [2.05, 4.69) is 9.98 Å². The monoisotopic (exact) mass is 256 g/mol. The molecule has 2 aromatic rings. The highest BCUT2D eigenvalue weighted by molar-refractivity contribution is 5.81. The number of hydrogen-bond acceptors (Lipinski definition) is 4. The normalized spacial score (nSPS) is 10.5. The van der Waals surface area contributed by atoms with Gasteiger partial charge in [-0.1, -0.05) is 6.07 Å². The molecular weight excluding hydrogens is 244 g/mol. The molecule has 0 aliphatic rings. The number of benzene rings is 1. The summed E-state index contributed by atoms with van der Waals surface area (Å²) in [5, 5.41) is 8.49. The number of aromatic nitrogens is 1. The van der Waals surface area contributed by atoms with Crippen molar-refractivity contribution in [3.8, 4) is 5.75 Å². The third-order valence-corrected chi connectivity index (χ3v) is 2.24. The maximum atomic E-state index is 10.3. The number of aliphatic carboxylic acids is 1. The zero-order valence-corrected chi connectivity index (χ0v) is 10.1. The Labute approximate surface area is 110 Å². The molecule has 2 rings (SSSR count). The minimum Gasteiger partial charge on any atom is -0.482 e. The van der Waals surface area contributed by atoms with Crippen LogP contribution in [0, 0.1) is 0 Å². The van der Waals surface area contributed by atoms with Crippen LogP contribution >= 0.6 is 0 Å². The molecule has 19 heavy (non-hydrogen) atoms. The van der Waals surface area contributed by atoms with Crippen LogP contribution < -0.4 is 4.74 Å². The minimum atomic E-state index is -0.999. The van der Waals surface area contributed by atoms with Gasteiger partial charge in [-0.25, -0.2) is 14.8 Å². The largest absolute Gasteiger partial charge is 0.482 e. The van der Waals surface area contributed by atoms with Crippen LogP contribution in [0.4, 0.5) is 5.82 Å². The van der Waals surface area contributed by atoms with E-state index < -0.39 is 5.97 Å². The molecule has 0 aliphatic carbocycles. The van der Waals surface area contributed by atoms with Gasteiger partial charge in [-0.2, -0.15) is 0 Å². The lowest BCUT2D eigenvalue weighted by Gasteiger charge is -2.02. The first kappa shape index (κ1) is 12.8. The van der Waals surface area contributed by atoms with Gasteiger partial charge in [0.1, 0.15) is 5.75 Å². The van der Waals surface area contributed by atoms with Crippen LogP contribution in [0.2, 0.25) is 0 Å². The second-order valence-electron chi connectivity index (χ2n) is 3.70. The van der Waals surface area contributed by atoms with Gasteiger partial charge in [0.05, 0.1) is 0 Å². The van der Waals surface area contributed by atoms with Crippen LogP contribution in [0.1, 0.15) is 5.56 Å². The lowest BCUT2D eigenvalue weighted by Crippen LogP contribution is -2.09. The van der Waals surface area contributed by atoms with Crippen molar-refractivity contribution in [3.05, 3.63) is 54.2 Å². The van der Waals surface area contributed by atoms with Crippen molar-refractivity contribution in [2.24, 2.45) is 4.99 Å². The van der Waals surface area contributed by atoms with Crippen molar-refractivity contribution in [3.63, 3.8) is 0 Å². The second kappa shape index (κ2) is 6.30. The first-order valence-corrected chi connectivity index (χ1v) is 5.64. The Morgan fingerprint density at radius 3 is 2.68 bits per heavy atom. The number of ether oxygens (including phenoxy) is 1. The van der Waals surface area contributed by atoms with E-state index in [1.54, 1.807) is 42.7 Å². The molecule has 1 aromatic heterocycles. The molecule has 0 bridgehead atoms. The van der Waals surface area contributed by atoms with Crippen LogP contribution in [0.3, 0.4) is 0 Å². The van der Waals surface area contributed by atoms with E-state index >= 15 is 0 Å². The Hall–Kier alpha value is -2.69. The van der Waals surface area contributed by atoms with Crippen molar-refractivity contribution in [1.29, 1.82) is 0 Å². The molecule has 0 atom stereocenters. The molecule has 1 heterocycles. The molecule has 0 unspecified atom stereocenters. The van der Waals surface area contributed by atoms with Crippen LogP contribution in [-0.2, 0) is 4.79 Å². The van der Waals surface area contributed by atoms with E-state index in [1.807, 2.05) is 12.1 Å². The van der Waals surface area contributed by atoms with Gasteiger partial charge in [0.2, 0.25) is 0 Å². The number of carbonyl (C=O) groups is 1. The summed E-state index contributed by atoms with van der Waals surface area (Å²) < 4.78 is 5.03. The number of rotatable bonds is 5. The average Bonchev–Trinajstić information content (AvgIpc) is 2.45. The summed E-state index contributed by atoms with van der Waals surface area (Å²) in [4.78, 5) is 18.6. The van der Waals surface area contributed by atoms with Crippen LogP contribution in [0.15, 0.2) is 53.7 Å². The summed E-state index contributed by atoms with van der Waals surface area (Å²) in [6, 6.07) is 12.5. The number of carboxylic acid groups (broad SMARTS) is 1. The Balaban J connectivity index is 1.99. The fraction of sp³-hybridized carbons (Fsp3) is 0.0714. The fourth-order valence-electron chi connectivity index (χ4n) is 1.37. The molecule has 0 radical (unpaired) electrons. The molecule has 0 aliphatic heterocycles. The van der Waals surface area contributed by atoms with Crippen molar-refractivity contribution in [1.82, 2.24) is 4.98 Å². The third kappa shape index (κ3) is 4.23. The molecule has 1 N–H and O–H groups in total. The average molecular weight is 256 g/mol. The van der Waals surface area contributed by atoms with E-state index in [-0.39, 0.29) is 6.61 Å². The molecule has 5 nitrogen and oxygen atoms in total. The fourth-order valence-corrected chi connectivity index (χ4v) is 1.37. The summed E-state index contributed by atoms with van der Waals surface area (Å²) in [7, 11) is 0. The molecule has 0 fully saturated rings. The van der Waals surface area contributed by atoms with Gasteiger partial charge in [0, 0.05) is 12.4 Å². The van der Waals surface area contributed by atoms with E-state index in [4.69, 9.17) is 9.84 Å². The van der Waals surface area contributed by atoms with Crippen molar-refractivity contribution in [2.75, 3.05) is 6.61 Å². The standard InChI is InChI=1S/C14H12N2O3/c17-14(18)10-19-12-6-4-11(5-7-12)9-16-13-3-1-2-8-15-13/h1-9H,10H2,(H,17,18)/b16-9+. The van der Waals surface area contributed by atoms with Crippen molar-refractivity contribution < 1.29 is 14.6 Å². The highest BCUT2D eigenvalue weighted by Gasteiger charge is 1.98. The smallest absolute Gasteiger partial charge is 0.341 e. The number of carboxylic acids is 1. The molecule has 0 saturated heterocycles. The van der Waals surface area contributed by atoms with E-state index in [0.29, 0.717) is 11.6 Å². The number of hydrogen-bond donors (Lipinski definition) is 1. The number of pyridine rings is 1. The SMILES string of the molecule is O=C(O)COc1ccc(/C=N/c2ccccn2)cc1. The Kier molecular flexibility index (Phi) is 4.23. The van der Waals surface area contributed by atoms with Gasteiger partial charge < -0.3 is 9.84 Å². The number of nitrogens with zero attached hydrogens (tertiary/aromatic N) is 2. The lowest BCUT2D eigenvalue weighted by molar-refractivity contribution is -0.139. The quantitative estimate of drug-likeness (QED) is 0.833. The topological polar surface area (TPSA) is 71.8 Å². The Morgan fingerprint density at radius 1 is 1.26 bits per heavy atom. The molecule has 1 aromatic carbocycles. The van der Waals surface area contributed by atoms with Gasteiger partial charge in [-0.05, 0) is 42.0 Å². The summed E-state index contributed by atoms with van der Waals surface area (Å²) >= 11 is 0. The van der Waals surface area contributed by atoms with Gasteiger partial charge in [-0.3, -0.25) is 0 Å². The molecule has 5 heteroatoms. The molecule has 0 amide bonds. The van der Waals surface area contributed by atoms with E-state index in [1.165, 1.54) is 0 Å². The third-order valence-electron chi connectivity index (χ3n) is 2.24. The highest BCUT2D eigenvalue weighted by Crippen LogP contribution is 2.12. The van der Waals surface area contributed by atoms with Gasteiger partial charge in [0.25, 0.3) is 0 Å². The van der Waals surface area contributed by atoms with Gasteiger partial charge >= 0.3 is 5.97 Å². The van der Waals surface area contributed by atoms with E-state index in [9.17, 15) is 4.79 Å². The molecular formula is C14H12N2O3. The molecule has 0 saturated carbocycles. The Morgan fingerprint density at radius 2 is 2.05 bits per heavy atom. The lowest BCUT2D eigenvalue weighted by atomic mass is 10.2. The predicted octanol–water partition coefficient (Wildman–Crippen LogP) is 2.30. The summed E-state index contributed by atoms with van der Waals surface area (Å²) in [5.41, 5.74) is 0.883. The van der Waals surface area contributed by atoms with Crippen molar-refractivity contribution >= 4 is 18.0 Å². The summed E-state index contributed by atoms with van der Waals surface area (Å²) in [6.45, 7) is -0.346. The second-order valence-corrected chi connectivity index (χ2v) is 3.70. The highest BCUT2D eigenvalue weighted by atomic mass is 16.5. The van der Waals surface area contributed by atoms with Gasteiger partial charge in [0.15, 0.2) is 12.4 Å². The first-order valence-electron chi connectivity index (χ1n) is 5.64. The van der Waals surface area contributed by atoms with Crippen LogP contribution in [-0.4, -0.2) is 28.9 Å². The van der Waals surface area contributed by atoms with Crippen LogP contribution in [0.25, 0.3) is 0 Å². The Bertz CT molecular complexity index is 565. The minimum absolute atomic E-state index is 0.346. The zero-order chi connectivity index (χ0) is 13.5. The predicted molar refractivity (Wildman–Crippen MR) is 71.1 cm³/mol. The number of aliphatic imine (C=N–C) groups is 1. The van der Waals surface area contributed by atoms with Crippen LogP contribution in [0.5, 0.6) is 5.75 Å². The van der Waals surface area contributed by atoms with Gasteiger partial charge in [-0.15, -0.1) is 0 Å². The summed E-state index contributed by atoms with van der Waals surface area (Å²) in [5.74, 6) is 0.145.